The van der Waals surface area contributed by atoms with Crippen LogP contribution < -0.4 is 15.4 Å². The van der Waals surface area contributed by atoms with E-state index in [1.807, 2.05) is 19.1 Å². The number of sulfonamides is 1. The summed E-state index contributed by atoms with van der Waals surface area (Å²) >= 11 is 0. The Bertz CT molecular complexity index is 1350. The number of hydrogen-bond acceptors (Lipinski definition) is 7. The van der Waals surface area contributed by atoms with Crippen LogP contribution in [0.2, 0.25) is 0 Å². The molecule has 0 atom stereocenters. The van der Waals surface area contributed by atoms with E-state index in [1.54, 1.807) is 36.5 Å². The van der Waals surface area contributed by atoms with Crippen molar-refractivity contribution in [3.63, 3.8) is 0 Å². The fourth-order valence-electron chi connectivity index (χ4n) is 2.87. The van der Waals surface area contributed by atoms with Crippen molar-refractivity contribution in [2.45, 2.75) is 11.8 Å². The predicted octanol–water partition coefficient (Wildman–Crippen LogP) is 4.61. The third-order valence-electron chi connectivity index (χ3n) is 4.37. The Balaban J connectivity index is 1.44. The molecule has 0 unspecified atom stereocenters. The van der Waals surface area contributed by atoms with Crippen molar-refractivity contribution in [1.82, 2.24) is 15.0 Å². The molecular weight excluding hydrogens is 431 g/mol. The molecule has 2 aromatic heterocycles. The van der Waals surface area contributed by atoms with Gasteiger partial charge in [-0.1, -0.05) is 12.1 Å². The topological polar surface area (TPSA) is 109 Å². The van der Waals surface area contributed by atoms with Crippen LogP contribution in [-0.4, -0.2) is 23.4 Å². The summed E-state index contributed by atoms with van der Waals surface area (Å²) in [5.74, 6) is 0.957. The molecule has 2 heterocycles. The van der Waals surface area contributed by atoms with Crippen molar-refractivity contribution in [2.24, 2.45) is 0 Å². The lowest BCUT2D eigenvalue weighted by molar-refractivity contribution is 0.570. The average molecular weight is 450 g/mol. The molecule has 0 aliphatic carbocycles. The molecule has 32 heavy (non-hydrogen) atoms. The minimum atomic E-state index is -4.03. The smallest absolute Gasteiger partial charge is 0.264 e. The van der Waals surface area contributed by atoms with Gasteiger partial charge in [0.2, 0.25) is 0 Å². The van der Waals surface area contributed by atoms with E-state index in [2.05, 4.69) is 30.3 Å². The molecule has 2 aromatic carbocycles. The zero-order valence-electron chi connectivity index (χ0n) is 16.9. The lowest BCUT2D eigenvalue weighted by atomic mass is 10.3. The highest BCUT2D eigenvalue weighted by atomic mass is 32.2. The first-order chi connectivity index (χ1) is 15.4. The van der Waals surface area contributed by atoms with Crippen molar-refractivity contribution in [1.29, 1.82) is 0 Å². The molecule has 3 N–H and O–H groups in total. The first kappa shape index (κ1) is 21.2. The van der Waals surface area contributed by atoms with Crippen LogP contribution in [0.4, 0.5) is 33.2 Å². The van der Waals surface area contributed by atoms with Crippen molar-refractivity contribution in [3.8, 4) is 0 Å². The molecule has 4 aromatic rings. The average Bonchev–Trinajstić information content (AvgIpc) is 2.75. The highest BCUT2D eigenvalue weighted by Crippen LogP contribution is 2.23. The number of benzene rings is 2. The summed E-state index contributed by atoms with van der Waals surface area (Å²) in [6.45, 7) is 1.97. The Labute approximate surface area is 184 Å². The van der Waals surface area contributed by atoms with Gasteiger partial charge in [-0.05, 0) is 61.0 Å². The molecule has 0 aliphatic rings. The van der Waals surface area contributed by atoms with Gasteiger partial charge in [0.15, 0.2) is 0 Å². The number of nitrogens with one attached hydrogen (secondary N) is 3. The monoisotopic (exact) mass is 450 g/mol. The van der Waals surface area contributed by atoms with E-state index in [-0.39, 0.29) is 0 Å². The zero-order chi connectivity index (χ0) is 22.6. The summed E-state index contributed by atoms with van der Waals surface area (Å²) in [6, 6.07) is 17.2. The van der Waals surface area contributed by atoms with E-state index in [0.29, 0.717) is 28.8 Å². The number of hydrogen-bond donors (Lipinski definition) is 3. The minimum absolute atomic E-state index is 0.300. The Hall–Kier alpha value is -4.05. The minimum Gasteiger partial charge on any atom is -0.340 e. The van der Waals surface area contributed by atoms with Gasteiger partial charge in [-0.2, -0.15) is 0 Å². The Morgan fingerprint density at radius 2 is 1.44 bits per heavy atom. The number of halogens is 1. The van der Waals surface area contributed by atoms with Crippen LogP contribution in [0.5, 0.6) is 0 Å². The van der Waals surface area contributed by atoms with Gasteiger partial charge in [0, 0.05) is 23.6 Å². The van der Waals surface area contributed by atoms with Crippen LogP contribution in [0, 0.1) is 12.7 Å². The highest BCUT2D eigenvalue weighted by molar-refractivity contribution is 7.92. The summed E-state index contributed by atoms with van der Waals surface area (Å²) in [5.41, 5.74) is 2.05. The van der Waals surface area contributed by atoms with Gasteiger partial charge in [-0.3, -0.25) is 4.72 Å². The lowest BCUT2D eigenvalue weighted by Crippen LogP contribution is -2.14. The molecule has 10 heteroatoms. The molecule has 0 aliphatic heterocycles. The van der Waals surface area contributed by atoms with Crippen LogP contribution in [0.25, 0.3) is 0 Å². The van der Waals surface area contributed by atoms with E-state index in [1.165, 1.54) is 24.5 Å². The molecule has 0 spiro atoms. The van der Waals surface area contributed by atoms with Crippen molar-refractivity contribution >= 4 is 38.9 Å². The summed E-state index contributed by atoms with van der Waals surface area (Å²) < 4.78 is 41.0. The summed E-state index contributed by atoms with van der Waals surface area (Å²) in [5, 5.41) is 6.24. The second-order valence-electron chi connectivity index (χ2n) is 6.87. The second-order valence-corrected chi connectivity index (χ2v) is 8.52. The van der Waals surface area contributed by atoms with E-state index in [9.17, 15) is 12.8 Å². The molecule has 0 saturated heterocycles. The van der Waals surface area contributed by atoms with Gasteiger partial charge in [0.25, 0.3) is 10.0 Å². The number of aromatic nitrogens is 3. The number of nitrogens with zero attached hydrogens (tertiary/aromatic N) is 3. The molecule has 0 fully saturated rings. The summed E-state index contributed by atoms with van der Waals surface area (Å²) in [7, 11) is -4.03. The Morgan fingerprint density at radius 3 is 2.16 bits per heavy atom. The third kappa shape index (κ3) is 5.16. The van der Waals surface area contributed by atoms with Gasteiger partial charge in [-0.15, -0.1) is 0 Å². The van der Waals surface area contributed by atoms with Crippen LogP contribution in [0.1, 0.15) is 5.56 Å². The fraction of sp³-hybridized carbons (Fsp3) is 0.0455. The quantitative estimate of drug-likeness (QED) is 0.377. The number of pyridine rings is 1. The predicted molar refractivity (Wildman–Crippen MR) is 121 cm³/mol. The number of rotatable bonds is 7. The highest BCUT2D eigenvalue weighted by Gasteiger charge is 2.18. The normalized spacial score (nSPS) is 11.1. The number of aryl methyl sites for hydroxylation is 1. The van der Waals surface area contributed by atoms with E-state index in [4.69, 9.17) is 0 Å². The molecule has 8 nitrogen and oxygen atoms in total. The van der Waals surface area contributed by atoms with E-state index >= 15 is 0 Å². The number of anilines is 5. The maximum atomic E-state index is 13.8. The van der Waals surface area contributed by atoms with Crippen LogP contribution in [0.3, 0.4) is 0 Å². The van der Waals surface area contributed by atoms with Gasteiger partial charge in [0.05, 0.1) is 0 Å². The Kier molecular flexibility index (Phi) is 5.95. The fourth-order valence-corrected chi connectivity index (χ4v) is 4.01. The van der Waals surface area contributed by atoms with Gasteiger partial charge in [0.1, 0.15) is 34.5 Å². The van der Waals surface area contributed by atoms with Crippen molar-refractivity contribution in [3.05, 3.63) is 90.6 Å². The largest absolute Gasteiger partial charge is 0.340 e. The summed E-state index contributed by atoms with van der Waals surface area (Å²) in [4.78, 5) is 12.2. The molecule has 0 amide bonds. The van der Waals surface area contributed by atoms with Crippen LogP contribution in [-0.2, 0) is 10.0 Å². The van der Waals surface area contributed by atoms with Crippen LogP contribution in [0.15, 0.2) is 84.1 Å². The Morgan fingerprint density at radius 1 is 0.781 bits per heavy atom. The first-order valence-electron chi connectivity index (χ1n) is 9.55. The van der Waals surface area contributed by atoms with E-state index < -0.39 is 20.7 Å². The standard InChI is InChI=1S/C22H19FN6O2S/c1-15-10-11-24-20(12-15)28-22-13-21(25-14-26-22)27-16-6-8-17(9-7-16)29-32(30,31)19-5-3-2-4-18(19)23/h2-14,29H,1H3,(H2,24,25,26,27,28). The zero-order valence-corrected chi connectivity index (χ0v) is 17.8. The molecule has 162 valence electrons. The van der Waals surface area contributed by atoms with Gasteiger partial charge in [-0.25, -0.2) is 27.8 Å². The SMILES string of the molecule is Cc1ccnc(Nc2cc(Nc3ccc(NS(=O)(=O)c4ccccc4F)cc3)ncn2)c1. The van der Waals surface area contributed by atoms with Gasteiger partial charge < -0.3 is 10.6 Å². The maximum absolute atomic E-state index is 13.8. The van der Waals surface area contributed by atoms with Crippen molar-refractivity contribution in [2.75, 3.05) is 15.4 Å². The molecular formula is C22H19FN6O2S. The van der Waals surface area contributed by atoms with E-state index in [0.717, 1.165) is 11.6 Å². The summed E-state index contributed by atoms with van der Waals surface area (Å²) in [6.07, 6.45) is 3.12. The lowest BCUT2D eigenvalue weighted by Gasteiger charge is -2.11. The van der Waals surface area contributed by atoms with Gasteiger partial charge >= 0.3 is 0 Å². The second kappa shape index (κ2) is 8.98. The third-order valence-corrected chi connectivity index (χ3v) is 5.79. The molecule has 0 saturated carbocycles. The molecule has 4 rings (SSSR count). The van der Waals surface area contributed by atoms with Crippen LogP contribution >= 0.6 is 0 Å². The first-order valence-corrected chi connectivity index (χ1v) is 11.0. The maximum Gasteiger partial charge on any atom is 0.264 e. The molecule has 0 radical (unpaired) electrons. The molecule has 0 bridgehead atoms. The van der Waals surface area contributed by atoms with Crippen molar-refractivity contribution < 1.29 is 12.8 Å².